The van der Waals surface area contributed by atoms with Gasteiger partial charge in [0.05, 0.1) is 0 Å². The lowest BCUT2D eigenvalue weighted by Gasteiger charge is -2.36. The molecular weight excluding hydrogens is 312 g/mol. The Morgan fingerprint density at radius 1 is 1.20 bits per heavy atom. The fourth-order valence-electron chi connectivity index (χ4n) is 3.96. The second kappa shape index (κ2) is 9.02. The van der Waals surface area contributed by atoms with Gasteiger partial charge in [0, 0.05) is 18.0 Å². The summed E-state index contributed by atoms with van der Waals surface area (Å²) in [5, 5.41) is 3.11. The number of carbonyl (C=O) groups excluding carboxylic acids is 2. The first-order valence-corrected chi connectivity index (χ1v) is 9.55. The summed E-state index contributed by atoms with van der Waals surface area (Å²) in [6, 6.07) is 7.93. The SMILES string of the molecule is CC1CCC(C(C)C)C(C(=O)Nc2ccc(CCCC(N)=O)cc2)C1. The van der Waals surface area contributed by atoms with E-state index in [0.717, 1.165) is 36.9 Å². The van der Waals surface area contributed by atoms with Crippen molar-refractivity contribution in [3.63, 3.8) is 0 Å². The van der Waals surface area contributed by atoms with Gasteiger partial charge in [-0.3, -0.25) is 9.59 Å². The van der Waals surface area contributed by atoms with Crippen LogP contribution < -0.4 is 11.1 Å². The lowest BCUT2D eigenvalue weighted by atomic mass is 9.70. The van der Waals surface area contributed by atoms with E-state index in [-0.39, 0.29) is 17.7 Å². The molecule has 1 aliphatic rings. The largest absolute Gasteiger partial charge is 0.370 e. The third kappa shape index (κ3) is 5.87. The van der Waals surface area contributed by atoms with Gasteiger partial charge in [-0.1, -0.05) is 39.3 Å². The molecule has 4 nitrogen and oxygen atoms in total. The molecule has 1 fully saturated rings. The molecule has 1 saturated carbocycles. The maximum absolute atomic E-state index is 12.8. The zero-order chi connectivity index (χ0) is 18.4. The van der Waals surface area contributed by atoms with E-state index in [0.29, 0.717) is 24.2 Å². The molecule has 1 aliphatic carbocycles. The third-order valence-electron chi connectivity index (χ3n) is 5.47. The Hall–Kier alpha value is -1.84. The van der Waals surface area contributed by atoms with Gasteiger partial charge in [0.25, 0.3) is 0 Å². The van der Waals surface area contributed by atoms with Gasteiger partial charge in [0.15, 0.2) is 0 Å². The number of benzene rings is 1. The Morgan fingerprint density at radius 2 is 1.88 bits per heavy atom. The summed E-state index contributed by atoms with van der Waals surface area (Å²) in [4.78, 5) is 23.6. The lowest BCUT2D eigenvalue weighted by molar-refractivity contribution is -0.124. The van der Waals surface area contributed by atoms with Gasteiger partial charge in [0.2, 0.25) is 11.8 Å². The van der Waals surface area contributed by atoms with Crippen LogP contribution in [-0.2, 0) is 16.0 Å². The van der Waals surface area contributed by atoms with E-state index in [9.17, 15) is 9.59 Å². The van der Waals surface area contributed by atoms with E-state index in [2.05, 4.69) is 26.1 Å². The molecule has 4 heteroatoms. The number of hydrogen-bond acceptors (Lipinski definition) is 2. The van der Waals surface area contributed by atoms with Gasteiger partial charge < -0.3 is 11.1 Å². The van der Waals surface area contributed by atoms with Gasteiger partial charge in [-0.15, -0.1) is 0 Å². The zero-order valence-electron chi connectivity index (χ0n) is 15.8. The van der Waals surface area contributed by atoms with Gasteiger partial charge in [-0.2, -0.15) is 0 Å². The molecule has 3 N–H and O–H groups in total. The van der Waals surface area contributed by atoms with Crippen LogP contribution in [0.2, 0.25) is 0 Å². The maximum Gasteiger partial charge on any atom is 0.227 e. The molecule has 0 heterocycles. The molecule has 0 aromatic heterocycles. The van der Waals surface area contributed by atoms with Gasteiger partial charge in [0.1, 0.15) is 0 Å². The Morgan fingerprint density at radius 3 is 2.48 bits per heavy atom. The summed E-state index contributed by atoms with van der Waals surface area (Å²) in [7, 11) is 0. The van der Waals surface area contributed by atoms with Crippen LogP contribution in [-0.4, -0.2) is 11.8 Å². The highest BCUT2D eigenvalue weighted by molar-refractivity contribution is 5.92. The summed E-state index contributed by atoms with van der Waals surface area (Å²) < 4.78 is 0. The molecule has 138 valence electrons. The van der Waals surface area contributed by atoms with Crippen LogP contribution in [0.15, 0.2) is 24.3 Å². The molecule has 3 atom stereocenters. The molecule has 1 aromatic rings. The number of rotatable bonds is 7. The van der Waals surface area contributed by atoms with Crippen molar-refractivity contribution in [2.45, 2.75) is 59.3 Å². The second-order valence-corrected chi connectivity index (χ2v) is 7.94. The van der Waals surface area contributed by atoms with Crippen LogP contribution in [0, 0.1) is 23.7 Å². The number of hydrogen-bond donors (Lipinski definition) is 2. The molecule has 0 saturated heterocycles. The Bertz CT molecular complexity index is 580. The van der Waals surface area contributed by atoms with E-state index in [4.69, 9.17) is 5.73 Å². The standard InChI is InChI=1S/C21H32N2O2/c1-14(2)18-12-7-15(3)13-19(18)21(25)23-17-10-8-16(9-11-17)5-4-6-20(22)24/h8-11,14-15,18-19H,4-7,12-13H2,1-3H3,(H2,22,24)(H,23,25). The fraction of sp³-hybridized carbons (Fsp3) is 0.619. The molecule has 0 bridgehead atoms. The number of amides is 2. The summed E-state index contributed by atoms with van der Waals surface area (Å²) in [5.74, 6) is 1.65. The van der Waals surface area contributed by atoms with Crippen molar-refractivity contribution >= 4 is 17.5 Å². The Kier molecular flexibility index (Phi) is 7.03. The molecule has 25 heavy (non-hydrogen) atoms. The number of nitrogens with one attached hydrogen (secondary N) is 1. The third-order valence-corrected chi connectivity index (χ3v) is 5.47. The van der Waals surface area contributed by atoms with Crippen molar-refractivity contribution in [1.29, 1.82) is 0 Å². The van der Waals surface area contributed by atoms with Crippen molar-refractivity contribution in [1.82, 2.24) is 0 Å². The highest BCUT2D eigenvalue weighted by atomic mass is 16.2. The van der Waals surface area contributed by atoms with Crippen molar-refractivity contribution in [3.8, 4) is 0 Å². The molecule has 0 aliphatic heterocycles. The number of anilines is 1. The van der Waals surface area contributed by atoms with Crippen LogP contribution in [0.4, 0.5) is 5.69 Å². The Balaban J connectivity index is 1.93. The summed E-state index contributed by atoms with van der Waals surface area (Å²) in [5.41, 5.74) is 7.17. The Labute approximate surface area is 151 Å². The molecule has 2 amide bonds. The van der Waals surface area contributed by atoms with E-state index in [1.807, 2.05) is 24.3 Å². The molecule has 2 rings (SSSR count). The molecule has 1 aromatic carbocycles. The van der Waals surface area contributed by atoms with E-state index >= 15 is 0 Å². The molecule has 0 radical (unpaired) electrons. The van der Waals surface area contributed by atoms with Gasteiger partial charge in [-0.05, 0) is 61.1 Å². The van der Waals surface area contributed by atoms with E-state index < -0.39 is 0 Å². The minimum absolute atomic E-state index is 0.110. The van der Waals surface area contributed by atoms with E-state index in [1.165, 1.54) is 6.42 Å². The van der Waals surface area contributed by atoms with Crippen LogP contribution in [0.5, 0.6) is 0 Å². The first kappa shape index (κ1) is 19.5. The number of carbonyl (C=O) groups is 2. The van der Waals surface area contributed by atoms with Gasteiger partial charge in [-0.25, -0.2) is 0 Å². The van der Waals surface area contributed by atoms with Crippen LogP contribution in [0.3, 0.4) is 0 Å². The second-order valence-electron chi connectivity index (χ2n) is 7.94. The quantitative estimate of drug-likeness (QED) is 0.780. The van der Waals surface area contributed by atoms with Crippen molar-refractivity contribution in [2.75, 3.05) is 5.32 Å². The van der Waals surface area contributed by atoms with Crippen molar-refractivity contribution < 1.29 is 9.59 Å². The summed E-state index contributed by atoms with van der Waals surface area (Å²) >= 11 is 0. The van der Waals surface area contributed by atoms with E-state index in [1.54, 1.807) is 0 Å². The first-order valence-electron chi connectivity index (χ1n) is 9.55. The molecule has 0 spiro atoms. The average molecular weight is 344 g/mol. The highest BCUT2D eigenvalue weighted by Gasteiger charge is 2.35. The van der Waals surface area contributed by atoms with Crippen molar-refractivity contribution in [2.24, 2.45) is 29.4 Å². The predicted molar refractivity (Wildman–Crippen MR) is 102 cm³/mol. The molecule has 3 unspecified atom stereocenters. The zero-order valence-corrected chi connectivity index (χ0v) is 15.8. The number of primary amides is 1. The lowest BCUT2D eigenvalue weighted by Crippen LogP contribution is -2.36. The minimum atomic E-state index is -0.259. The number of nitrogens with two attached hydrogens (primary N) is 1. The number of aryl methyl sites for hydroxylation is 1. The monoisotopic (exact) mass is 344 g/mol. The van der Waals surface area contributed by atoms with Gasteiger partial charge >= 0.3 is 0 Å². The van der Waals surface area contributed by atoms with Crippen LogP contribution >= 0.6 is 0 Å². The first-order chi connectivity index (χ1) is 11.9. The smallest absolute Gasteiger partial charge is 0.227 e. The normalized spacial score (nSPS) is 23.4. The maximum atomic E-state index is 12.8. The van der Waals surface area contributed by atoms with Crippen LogP contribution in [0.25, 0.3) is 0 Å². The minimum Gasteiger partial charge on any atom is -0.370 e. The predicted octanol–water partition coefficient (Wildman–Crippen LogP) is 4.14. The van der Waals surface area contributed by atoms with Crippen LogP contribution in [0.1, 0.15) is 58.4 Å². The topological polar surface area (TPSA) is 72.2 Å². The summed E-state index contributed by atoms with van der Waals surface area (Å²) in [6.07, 6.45) is 5.36. The highest BCUT2D eigenvalue weighted by Crippen LogP contribution is 2.38. The van der Waals surface area contributed by atoms with Crippen molar-refractivity contribution in [3.05, 3.63) is 29.8 Å². The fourth-order valence-corrected chi connectivity index (χ4v) is 3.96. The molecular formula is C21H32N2O2. The average Bonchev–Trinajstić information content (AvgIpc) is 2.55. The summed E-state index contributed by atoms with van der Waals surface area (Å²) in [6.45, 7) is 6.70.